The second-order valence-corrected chi connectivity index (χ2v) is 10.7. The molecule has 30 heavy (non-hydrogen) atoms. The Morgan fingerprint density at radius 3 is 2.77 bits per heavy atom. The van der Waals surface area contributed by atoms with Crippen LogP contribution >= 0.6 is 11.6 Å². The van der Waals surface area contributed by atoms with Gasteiger partial charge in [-0.1, -0.05) is 17.7 Å². The first-order valence-electron chi connectivity index (χ1n) is 10.0. The average molecular weight is 450 g/mol. The highest BCUT2D eigenvalue weighted by molar-refractivity contribution is 7.91. The van der Waals surface area contributed by atoms with E-state index in [9.17, 15) is 8.60 Å². The number of aromatic nitrogens is 3. The number of hydrogen-bond acceptors (Lipinski definition) is 5. The zero-order valence-corrected chi connectivity index (χ0v) is 18.3. The molecule has 2 N–H and O–H groups in total. The van der Waals surface area contributed by atoms with Crippen molar-refractivity contribution < 1.29 is 8.60 Å². The van der Waals surface area contributed by atoms with Gasteiger partial charge in [0.25, 0.3) is 0 Å². The van der Waals surface area contributed by atoms with Crippen LogP contribution in [0.15, 0.2) is 36.8 Å². The van der Waals surface area contributed by atoms with Crippen molar-refractivity contribution in [1.29, 1.82) is 4.78 Å². The van der Waals surface area contributed by atoms with Gasteiger partial charge in [-0.3, -0.25) is 4.78 Å². The lowest BCUT2D eigenvalue weighted by Crippen LogP contribution is -2.37. The molecule has 1 saturated carbocycles. The molecule has 2 heterocycles. The molecule has 0 spiro atoms. The molecular weight excluding hydrogens is 425 g/mol. The summed E-state index contributed by atoms with van der Waals surface area (Å²) in [6.07, 6.45) is 7.23. The maximum Gasteiger partial charge on any atom is 0.142 e. The molecule has 1 unspecified atom stereocenters. The van der Waals surface area contributed by atoms with Crippen molar-refractivity contribution in [2.45, 2.75) is 37.5 Å². The Labute approximate surface area is 180 Å². The Balaban J connectivity index is 1.36. The Bertz CT molecular complexity index is 1140. The fourth-order valence-electron chi connectivity index (χ4n) is 4.35. The molecule has 0 radical (unpaired) electrons. The van der Waals surface area contributed by atoms with Crippen molar-refractivity contribution >= 4 is 38.2 Å². The van der Waals surface area contributed by atoms with Gasteiger partial charge in [-0.15, -0.1) is 0 Å². The van der Waals surface area contributed by atoms with E-state index in [1.54, 1.807) is 12.4 Å². The Hall–Kier alpha value is -2.19. The molecule has 1 aliphatic carbocycles. The number of rotatable bonds is 6. The van der Waals surface area contributed by atoms with Crippen LogP contribution in [-0.4, -0.2) is 38.0 Å². The minimum Gasteiger partial charge on any atom is -0.356 e. The van der Waals surface area contributed by atoms with E-state index in [-0.39, 0.29) is 16.7 Å². The number of fused-ring (bicyclic) bond motifs is 1. The van der Waals surface area contributed by atoms with Gasteiger partial charge in [0.05, 0.1) is 16.2 Å². The maximum absolute atomic E-state index is 13.3. The van der Waals surface area contributed by atoms with Crippen molar-refractivity contribution in [3.8, 4) is 0 Å². The molecule has 1 atom stereocenters. The van der Waals surface area contributed by atoms with Crippen LogP contribution in [0.5, 0.6) is 0 Å². The zero-order chi connectivity index (χ0) is 21.3. The molecular formula is C21H25ClFN5OS. The van der Waals surface area contributed by atoms with Gasteiger partial charge < -0.3 is 9.88 Å². The number of halogens is 2. The summed E-state index contributed by atoms with van der Waals surface area (Å²) in [6, 6.07) is 6.64. The molecule has 0 bridgehead atoms. The van der Waals surface area contributed by atoms with Crippen LogP contribution in [0.2, 0.25) is 5.02 Å². The molecule has 0 amide bonds. The van der Waals surface area contributed by atoms with E-state index in [0.29, 0.717) is 17.4 Å². The van der Waals surface area contributed by atoms with Crippen LogP contribution < -0.4 is 4.90 Å². The Morgan fingerprint density at radius 1 is 1.27 bits per heavy atom. The first-order chi connectivity index (χ1) is 14.3. The van der Waals surface area contributed by atoms with Crippen LogP contribution in [0, 0.1) is 16.5 Å². The van der Waals surface area contributed by atoms with Gasteiger partial charge in [0.2, 0.25) is 0 Å². The van der Waals surface area contributed by atoms with Gasteiger partial charge in [0.1, 0.15) is 23.6 Å². The number of anilines is 1. The van der Waals surface area contributed by atoms with Gasteiger partial charge >= 0.3 is 0 Å². The van der Waals surface area contributed by atoms with E-state index in [0.717, 1.165) is 42.5 Å². The van der Waals surface area contributed by atoms with Crippen molar-refractivity contribution in [3.05, 3.63) is 53.2 Å². The number of H-pyrrole nitrogens is 1. The minimum absolute atomic E-state index is 0.00694. The van der Waals surface area contributed by atoms with Gasteiger partial charge in [0.15, 0.2) is 0 Å². The number of nitrogens with one attached hydrogen (secondary N) is 2. The first kappa shape index (κ1) is 21.1. The topological polar surface area (TPSA) is 85.7 Å². The highest BCUT2D eigenvalue weighted by atomic mass is 35.5. The van der Waals surface area contributed by atoms with Crippen LogP contribution in [0.25, 0.3) is 11.0 Å². The van der Waals surface area contributed by atoms with Crippen molar-refractivity contribution in [3.63, 3.8) is 0 Å². The van der Waals surface area contributed by atoms with E-state index < -0.39 is 15.5 Å². The highest BCUT2D eigenvalue weighted by Crippen LogP contribution is 2.32. The maximum atomic E-state index is 13.3. The number of aromatic amines is 1. The van der Waals surface area contributed by atoms with Gasteiger partial charge in [0, 0.05) is 34.8 Å². The van der Waals surface area contributed by atoms with Crippen molar-refractivity contribution in [2.24, 2.45) is 5.92 Å². The molecule has 1 fully saturated rings. The predicted octanol–water partition coefficient (Wildman–Crippen LogP) is 4.99. The molecule has 9 heteroatoms. The minimum atomic E-state index is -2.79. The lowest BCUT2D eigenvalue weighted by atomic mass is 9.86. The fourth-order valence-corrected chi connectivity index (χ4v) is 6.48. The summed E-state index contributed by atoms with van der Waals surface area (Å²) in [7, 11) is -0.733. The first-order valence-corrected chi connectivity index (χ1v) is 12.3. The normalized spacial score (nSPS) is 21.4. The summed E-state index contributed by atoms with van der Waals surface area (Å²) < 4.78 is 34.5. The summed E-state index contributed by atoms with van der Waals surface area (Å²) >= 11 is 5.82. The van der Waals surface area contributed by atoms with E-state index in [1.807, 2.05) is 12.3 Å². The smallest absolute Gasteiger partial charge is 0.142 e. The monoisotopic (exact) mass is 449 g/mol. The van der Waals surface area contributed by atoms with Crippen molar-refractivity contribution in [1.82, 2.24) is 15.0 Å². The third-order valence-electron chi connectivity index (χ3n) is 5.92. The molecule has 2 aromatic heterocycles. The third kappa shape index (κ3) is 4.59. The number of hydrogen-bond donors (Lipinski definition) is 2. The lowest BCUT2D eigenvalue weighted by molar-refractivity contribution is 0.342. The molecule has 6 nitrogen and oxygen atoms in total. The molecule has 160 valence electrons. The van der Waals surface area contributed by atoms with Gasteiger partial charge in [-0.25, -0.2) is 18.6 Å². The number of nitrogens with zero attached hydrogens (tertiary/aromatic N) is 3. The fraction of sp³-hybridized carbons (Fsp3) is 0.429. The van der Waals surface area contributed by atoms with E-state index >= 15 is 0 Å². The highest BCUT2D eigenvalue weighted by Gasteiger charge is 2.28. The summed E-state index contributed by atoms with van der Waals surface area (Å²) in [5.41, 5.74) is 1.48. The van der Waals surface area contributed by atoms with Crippen LogP contribution in [-0.2, 0) is 15.5 Å². The van der Waals surface area contributed by atoms with Gasteiger partial charge in [-0.05, 0) is 55.4 Å². The lowest BCUT2D eigenvalue weighted by Gasteiger charge is -2.35. The average Bonchev–Trinajstić information content (AvgIpc) is 3.19. The zero-order valence-electron chi connectivity index (χ0n) is 16.8. The second-order valence-electron chi connectivity index (χ2n) is 8.09. The van der Waals surface area contributed by atoms with Crippen molar-refractivity contribution in [2.75, 3.05) is 17.7 Å². The van der Waals surface area contributed by atoms with Crippen LogP contribution in [0.4, 0.5) is 10.2 Å². The summed E-state index contributed by atoms with van der Waals surface area (Å²) in [5, 5.41) is 1.02. The SMILES string of the molecule is CN(c1ncnc2[nH]ccc12)C1CCC(CS(=N)(=O)Cc2ccc(F)c(Cl)c2)CC1. The van der Waals surface area contributed by atoms with Crippen LogP contribution in [0.1, 0.15) is 31.2 Å². The third-order valence-corrected chi connectivity index (χ3v) is 8.02. The predicted molar refractivity (Wildman–Crippen MR) is 119 cm³/mol. The molecule has 0 aliphatic heterocycles. The van der Waals surface area contributed by atoms with E-state index in [4.69, 9.17) is 16.4 Å². The van der Waals surface area contributed by atoms with E-state index in [1.165, 1.54) is 12.1 Å². The summed E-state index contributed by atoms with van der Waals surface area (Å²) in [6.45, 7) is 0. The van der Waals surface area contributed by atoms with Crippen LogP contribution in [0.3, 0.4) is 0 Å². The van der Waals surface area contributed by atoms with Gasteiger partial charge in [-0.2, -0.15) is 0 Å². The molecule has 1 aliphatic rings. The number of benzene rings is 1. The second kappa shape index (κ2) is 8.51. The van der Waals surface area contributed by atoms with E-state index in [2.05, 4.69) is 26.9 Å². The molecule has 3 aromatic rings. The summed E-state index contributed by atoms with van der Waals surface area (Å²) in [4.78, 5) is 14.1. The largest absolute Gasteiger partial charge is 0.356 e. The Morgan fingerprint density at radius 2 is 2.03 bits per heavy atom. The Kier molecular flexibility index (Phi) is 5.97. The standard InChI is InChI=1S/C21H25ClFN5OS/c1-28(21-17-8-9-25-20(17)26-13-27-21)16-5-2-14(3-6-16)11-30(24,29)12-15-4-7-19(23)18(22)10-15/h4,7-10,13-14,16,24H,2-3,5-6,11-12H2,1H3,(H,25,26,27). The molecule has 0 saturated heterocycles. The summed E-state index contributed by atoms with van der Waals surface area (Å²) in [5.74, 6) is 1.16. The molecule has 1 aromatic carbocycles. The quantitative estimate of drug-likeness (QED) is 0.555. The molecule has 4 rings (SSSR count).